The van der Waals surface area contributed by atoms with Crippen molar-refractivity contribution < 1.29 is 0 Å². The van der Waals surface area contributed by atoms with Crippen molar-refractivity contribution in [1.82, 2.24) is 4.90 Å². The average molecular weight is 278 g/mol. The molecule has 1 unspecified atom stereocenters. The van der Waals surface area contributed by atoms with E-state index in [9.17, 15) is 0 Å². The Morgan fingerprint density at radius 3 is 2.24 bits per heavy atom. The second-order valence-corrected chi connectivity index (χ2v) is 6.27. The van der Waals surface area contributed by atoms with Gasteiger partial charge in [0, 0.05) is 12.6 Å². The van der Waals surface area contributed by atoms with E-state index in [1.165, 1.54) is 27.8 Å². The lowest BCUT2D eigenvalue weighted by Gasteiger charge is -2.43. The van der Waals surface area contributed by atoms with Crippen LogP contribution in [0.25, 0.3) is 0 Å². The first-order chi connectivity index (χ1) is 9.92. The normalized spacial score (nSPS) is 20.5. The molecule has 2 heteroatoms. The largest absolute Gasteiger partial charge is 0.352 e. The smallest absolute Gasteiger partial charge is 0.0919 e. The van der Waals surface area contributed by atoms with E-state index < -0.39 is 0 Å². The number of hydrogen-bond donors (Lipinski definition) is 0. The molecule has 0 amide bonds. The monoisotopic (exact) mass is 278 g/mol. The van der Waals surface area contributed by atoms with Crippen LogP contribution < -0.4 is 0 Å². The van der Waals surface area contributed by atoms with Gasteiger partial charge in [-0.05, 0) is 44.9 Å². The van der Waals surface area contributed by atoms with Gasteiger partial charge in [-0.3, -0.25) is 0 Å². The number of hydrogen-bond acceptors (Lipinski definition) is 2. The Balaban J connectivity index is 2.31. The molecule has 1 aliphatic heterocycles. The number of benzene rings is 2. The van der Waals surface area contributed by atoms with Crippen molar-refractivity contribution in [2.45, 2.75) is 33.2 Å². The molecule has 0 fully saturated rings. The molecule has 0 N–H and O–H groups in total. The molecular formula is C19H22N2. The third-order valence-electron chi connectivity index (χ3n) is 4.67. The molecule has 1 heterocycles. The highest BCUT2D eigenvalue weighted by Gasteiger charge is 2.37. The number of nitrogens with zero attached hydrogens (tertiary/aromatic N) is 2. The molecule has 3 rings (SSSR count). The van der Waals surface area contributed by atoms with Crippen molar-refractivity contribution in [2.24, 2.45) is 4.99 Å². The summed E-state index contributed by atoms with van der Waals surface area (Å²) in [5.41, 5.74) is 7.40. The summed E-state index contributed by atoms with van der Waals surface area (Å²) in [4.78, 5) is 6.81. The third kappa shape index (κ3) is 2.06. The Labute approximate surface area is 127 Å². The van der Waals surface area contributed by atoms with E-state index in [0.717, 1.165) is 5.69 Å². The van der Waals surface area contributed by atoms with E-state index in [2.05, 4.69) is 81.0 Å². The van der Waals surface area contributed by atoms with Gasteiger partial charge in [-0.25, -0.2) is 4.99 Å². The summed E-state index contributed by atoms with van der Waals surface area (Å²) in [7, 11) is 2.11. The highest BCUT2D eigenvalue weighted by molar-refractivity contribution is 5.72. The molecular weight excluding hydrogens is 256 g/mol. The van der Waals surface area contributed by atoms with Gasteiger partial charge in [-0.1, -0.05) is 41.5 Å². The van der Waals surface area contributed by atoms with Gasteiger partial charge < -0.3 is 4.90 Å². The summed E-state index contributed by atoms with van der Waals surface area (Å²) >= 11 is 0. The topological polar surface area (TPSA) is 15.6 Å². The maximum absolute atomic E-state index is 4.59. The van der Waals surface area contributed by atoms with Crippen LogP contribution in [0.1, 0.15) is 34.7 Å². The predicted octanol–water partition coefficient (Wildman–Crippen LogP) is 4.48. The molecule has 2 aromatic rings. The molecule has 0 saturated carbocycles. The van der Waals surface area contributed by atoms with Crippen LogP contribution in [-0.2, 0) is 5.54 Å². The molecule has 0 spiro atoms. The zero-order valence-corrected chi connectivity index (χ0v) is 13.4. The SMILES string of the molecule is Cc1ccc(C)c(C2(C)c3cc(C)ccc3N=CN2C)c1. The molecule has 0 saturated heterocycles. The summed E-state index contributed by atoms with van der Waals surface area (Å²) in [5.74, 6) is 0. The molecule has 0 aliphatic carbocycles. The van der Waals surface area contributed by atoms with Crippen molar-refractivity contribution in [3.8, 4) is 0 Å². The van der Waals surface area contributed by atoms with Crippen LogP contribution in [0, 0.1) is 20.8 Å². The van der Waals surface area contributed by atoms with Gasteiger partial charge in [0.15, 0.2) is 0 Å². The van der Waals surface area contributed by atoms with Crippen LogP contribution in [0.2, 0.25) is 0 Å². The Morgan fingerprint density at radius 1 is 0.905 bits per heavy atom. The van der Waals surface area contributed by atoms with E-state index in [-0.39, 0.29) is 5.54 Å². The fourth-order valence-corrected chi connectivity index (χ4v) is 3.20. The quantitative estimate of drug-likeness (QED) is 0.751. The number of aryl methyl sites for hydroxylation is 3. The molecule has 1 aliphatic rings. The highest BCUT2D eigenvalue weighted by atomic mass is 15.2. The van der Waals surface area contributed by atoms with E-state index in [1.807, 2.05) is 6.34 Å². The van der Waals surface area contributed by atoms with Crippen LogP contribution in [-0.4, -0.2) is 18.3 Å². The highest BCUT2D eigenvalue weighted by Crippen LogP contribution is 2.43. The molecule has 0 radical (unpaired) electrons. The summed E-state index contributed by atoms with van der Waals surface area (Å²) in [5, 5.41) is 0. The van der Waals surface area contributed by atoms with E-state index in [0.29, 0.717) is 0 Å². The lowest BCUT2D eigenvalue weighted by Crippen LogP contribution is -2.43. The summed E-state index contributed by atoms with van der Waals surface area (Å²) in [6.07, 6.45) is 1.94. The van der Waals surface area contributed by atoms with E-state index >= 15 is 0 Å². The Hall–Kier alpha value is -2.09. The maximum atomic E-state index is 4.59. The van der Waals surface area contributed by atoms with Gasteiger partial charge in [-0.2, -0.15) is 0 Å². The summed E-state index contributed by atoms with van der Waals surface area (Å²) < 4.78 is 0. The zero-order chi connectivity index (χ0) is 15.2. The average Bonchev–Trinajstić information content (AvgIpc) is 2.46. The molecule has 1 atom stereocenters. The van der Waals surface area contributed by atoms with Gasteiger partial charge in [0.25, 0.3) is 0 Å². The van der Waals surface area contributed by atoms with Gasteiger partial charge >= 0.3 is 0 Å². The van der Waals surface area contributed by atoms with Crippen molar-refractivity contribution in [3.63, 3.8) is 0 Å². The minimum absolute atomic E-state index is 0.181. The van der Waals surface area contributed by atoms with Gasteiger partial charge in [0.2, 0.25) is 0 Å². The molecule has 0 bridgehead atoms. The Kier molecular flexibility index (Phi) is 3.12. The fourth-order valence-electron chi connectivity index (χ4n) is 3.20. The van der Waals surface area contributed by atoms with Crippen molar-refractivity contribution in [1.29, 1.82) is 0 Å². The van der Waals surface area contributed by atoms with Crippen LogP contribution in [0.3, 0.4) is 0 Å². The van der Waals surface area contributed by atoms with Crippen LogP contribution in [0.4, 0.5) is 5.69 Å². The van der Waals surface area contributed by atoms with Crippen LogP contribution in [0.5, 0.6) is 0 Å². The number of fused-ring (bicyclic) bond motifs is 1. The first-order valence-corrected chi connectivity index (χ1v) is 7.39. The van der Waals surface area contributed by atoms with Gasteiger partial charge in [-0.15, -0.1) is 0 Å². The molecule has 2 nitrogen and oxygen atoms in total. The minimum Gasteiger partial charge on any atom is -0.352 e. The van der Waals surface area contributed by atoms with Gasteiger partial charge in [0.1, 0.15) is 0 Å². The maximum Gasteiger partial charge on any atom is 0.0919 e. The fraction of sp³-hybridized carbons (Fsp3) is 0.316. The van der Waals surface area contributed by atoms with Gasteiger partial charge in [0.05, 0.1) is 17.6 Å². The first kappa shape index (κ1) is 13.9. The molecule has 108 valence electrons. The van der Waals surface area contributed by atoms with Crippen molar-refractivity contribution in [3.05, 3.63) is 64.2 Å². The Morgan fingerprint density at radius 2 is 1.52 bits per heavy atom. The van der Waals surface area contributed by atoms with E-state index in [4.69, 9.17) is 0 Å². The third-order valence-corrected chi connectivity index (χ3v) is 4.67. The number of rotatable bonds is 1. The number of aliphatic imine (C=N–C) groups is 1. The Bertz CT molecular complexity index is 730. The standard InChI is InChI=1S/C19H22N2/c1-13-6-8-15(3)16(10-13)19(4)17-11-14(2)7-9-18(17)20-12-21(19)5/h6-12H,1-5H3. The minimum atomic E-state index is -0.181. The summed E-state index contributed by atoms with van der Waals surface area (Å²) in [6, 6.07) is 13.2. The molecule has 21 heavy (non-hydrogen) atoms. The lowest BCUT2D eigenvalue weighted by atomic mass is 9.78. The van der Waals surface area contributed by atoms with Crippen LogP contribution in [0.15, 0.2) is 41.4 Å². The van der Waals surface area contributed by atoms with E-state index in [1.54, 1.807) is 0 Å². The summed E-state index contributed by atoms with van der Waals surface area (Å²) in [6.45, 7) is 8.77. The second kappa shape index (κ2) is 4.73. The first-order valence-electron chi connectivity index (χ1n) is 7.39. The van der Waals surface area contributed by atoms with Crippen LogP contribution >= 0.6 is 0 Å². The molecule has 0 aromatic heterocycles. The second-order valence-electron chi connectivity index (χ2n) is 6.27. The predicted molar refractivity (Wildman–Crippen MR) is 89.5 cm³/mol. The molecule has 2 aromatic carbocycles. The van der Waals surface area contributed by atoms with Crippen molar-refractivity contribution >= 4 is 12.0 Å². The zero-order valence-electron chi connectivity index (χ0n) is 13.4. The lowest BCUT2D eigenvalue weighted by molar-refractivity contribution is 0.291. The van der Waals surface area contributed by atoms with Crippen molar-refractivity contribution in [2.75, 3.05) is 7.05 Å².